The van der Waals surface area contributed by atoms with Crippen LogP contribution in [0.1, 0.15) is 44.8 Å². The molecule has 0 saturated carbocycles. The Balaban J connectivity index is 1.48. The van der Waals surface area contributed by atoms with Crippen molar-refractivity contribution in [3.63, 3.8) is 0 Å². The van der Waals surface area contributed by atoms with E-state index in [1.165, 1.54) is 27.9 Å². The Morgan fingerprint density at radius 1 is 1.03 bits per heavy atom. The van der Waals surface area contributed by atoms with Crippen molar-refractivity contribution in [3.05, 3.63) is 91.8 Å². The van der Waals surface area contributed by atoms with Gasteiger partial charge in [-0.05, 0) is 67.0 Å². The highest BCUT2D eigenvalue weighted by Crippen LogP contribution is 2.38. The summed E-state index contributed by atoms with van der Waals surface area (Å²) in [5.41, 5.74) is 3.54. The number of benzene rings is 2. The molecule has 0 unspecified atom stereocenters. The number of rotatable bonds is 7. The van der Waals surface area contributed by atoms with Gasteiger partial charge in [0.15, 0.2) is 0 Å². The van der Waals surface area contributed by atoms with E-state index in [0.717, 1.165) is 37.7 Å². The van der Waals surface area contributed by atoms with Crippen molar-refractivity contribution in [2.75, 3.05) is 11.9 Å². The first-order valence-electron chi connectivity index (χ1n) is 10.9. The van der Waals surface area contributed by atoms with Crippen molar-refractivity contribution < 1.29 is 9.59 Å². The molecule has 2 N–H and O–H groups in total. The van der Waals surface area contributed by atoms with Crippen molar-refractivity contribution in [2.24, 2.45) is 0 Å². The number of aryl methyl sites for hydroxylation is 1. The summed E-state index contributed by atoms with van der Waals surface area (Å²) in [7, 11) is 0. The van der Waals surface area contributed by atoms with Crippen LogP contribution in [0, 0.1) is 0 Å². The molecule has 33 heavy (non-hydrogen) atoms. The van der Waals surface area contributed by atoms with E-state index in [2.05, 4.69) is 10.6 Å². The maximum atomic E-state index is 13.1. The fourth-order valence-electron chi connectivity index (χ4n) is 3.90. The molecule has 0 radical (unpaired) electrons. The zero-order chi connectivity index (χ0) is 23.2. The third kappa shape index (κ3) is 6.05. The zero-order valence-electron chi connectivity index (χ0n) is 18.0. The molecule has 0 saturated heterocycles. The van der Waals surface area contributed by atoms with Gasteiger partial charge in [-0.2, -0.15) is 0 Å². The highest BCUT2D eigenvalue weighted by molar-refractivity contribution is 7.17. The first-order chi connectivity index (χ1) is 16.0. The summed E-state index contributed by atoms with van der Waals surface area (Å²) in [6.45, 7) is 0.538. The fourth-order valence-corrected chi connectivity index (χ4v) is 5.66. The minimum Gasteiger partial charge on any atom is -0.352 e. The minimum absolute atomic E-state index is 0.134. The van der Waals surface area contributed by atoms with Crippen LogP contribution in [0.2, 0.25) is 10.0 Å². The van der Waals surface area contributed by atoms with Gasteiger partial charge in [-0.15, -0.1) is 11.3 Å². The molecule has 7 heteroatoms. The van der Waals surface area contributed by atoms with E-state index >= 15 is 0 Å². The van der Waals surface area contributed by atoms with Gasteiger partial charge in [-0.25, -0.2) is 0 Å². The van der Waals surface area contributed by atoms with E-state index in [1.54, 1.807) is 24.3 Å². The van der Waals surface area contributed by atoms with Crippen molar-refractivity contribution in [1.29, 1.82) is 0 Å². The van der Waals surface area contributed by atoms with Gasteiger partial charge in [0.1, 0.15) is 5.00 Å². The number of carbonyl (C=O) groups excluding carboxylic acids is 2. The van der Waals surface area contributed by atoms with Crippen molar-refractivity contribution in [1.82, 2.24) is 5.32 Å². The summed E-state index contributed by atoms with van der Waals surface area (Å²) in [5.74, 6) is -0.441. The van der Waals surface area contributed by atoms with Gasteiger partial charge in [0.2, 0.25) is 5.91 Å². The monoisotopic (exact) mass is 498 g/mol. The molecular formula is C26H24Cl2N2O2S. The van der Waals surface area contributed by atoms with Crippen LogP contribution in [0.15, 0.2) is 54.6 Å². The standard InChI is InChI=1S/C26H24Cl2N2O2S/c27-19-12-10-18(21(28)16-19)11-13-23(31)30-26-24(20-8-4-5-9-22(20)33-26)25(32)29-15-14-17-6-2-1-3-7-17/h1-3,6-7,10-13,16H,4-5,8-9,14-15H2,(H,29,32)(H,30,31)/b13-11+. The number of amides is 2. The Labute approximate surface area is 207 Å². The predicted octanol–water partition coefficient (Wildman–Crippen LogP) is 6.56. The largest absolute Gasteiger partial charge is 0.352 e. The van der Waals surface area contributed by atoms with Crippen molar-refractivity contribution in [3.8, 4) is 0 Å². The Hall–Kier alpha value is -2.60. The molecule has 0 fully saturated rings. The second kappa shape index (κ2) is 11.0. The molecule has 1 heterocycles. The van der Waals surface area contributed by atoms with E-state index in [-0.39, 0.29) is 11.8 Å². The molecule has 170 valence electrons. The highest BCUT2D eigenvalue weighted by atomic mass is 35.5. The van der Waals surface area contributed by atoms with Gasteiger partial charge in [0.05, 0.1) is 5.56 Å². The molecule has 1 aromatic heterocycles. The van der Waals surface area contributed by atoms with E-state index in [4.69, 9.17) is 23.2 Å². The lowest BCUT2D eigenvalue weighted by Crippen LogP contribution is -2.27. The third-order valence-electron chi connectivity index (χ3n) is 5.55. The molecule has 4 nitrogen and oxygen atoms in total. The smallest absolute Gasteiger partial charge is 0.254 e. The summed E-state index contributed by atoms with van der Waals surface area (Å²) in [4.78, 5) is 27.0. The number of thiophene rings is 1. The quantitative estimate of drug-likeness (QED) is 0.362. The zero-order valence-corrected chi connectivity index (χ0v) is 20.3. The number of anilines is 1. The van der Waals surface area contributed by atoms with E-state index in [9.17, 15) is 9.59 Å². The first kappa shape index (κ1) is 23.6. The minimum atomic E-state index is -0.307. The van der Waals surface area contributed by atoms with Crippen LogP contribution in [0.5, 0.6) is 0 Å². The molecule has 1 aliphatic rings. The number of hydrogen-bond acceptors (Lipinski definition) is 3. The maximum absolute atomic E-state index is 13.1. The maximum Gasteiger partial charge on any atom is 0.254 e. The summed E-state index contributed by atoms with van der Waals surface area (Å²) < 4.78 is 0. The van der Waals surface area contributed by atoms with E-state index < -0.39 is 0 Å². The van der Waals surface area contributed by atoms with Gasteiger partial charge < -0.3 is 10.6 Å². The summed E-state index contributed by atoms with van der Waals surface area (Å²) >= 11 is 13.6. The lowest BCUT2D eigenvalue weighted by atomic mass is 9.95. The molecule has 1 aliphatic carbocycles. The SMILES string of the molecule is O=C(/C=C/c1ccc(Cl)cc1Cl)Nc1sc2c(c1C(=O)NCCc1ccccc1)CCCC2. The Kier molecular flexibility index (Phi) is 7.86. The topological polar surface area (TPSA) is 58.2 Å². The Bertz CT molecular complexity index is 1190. The average Bonchev–Trinajstić information content (AvgIpc) is 3.17. The van der Waals surface area contributed by atoms with Gasteiger partial charge >= 0.3 is 0 Å². The third-order valence-corrected chi connectivity index (χ3v) is 7.32. The predicted molar refractivity (Wildman–Crippen MR) is 138 cm³/mol. The number of carbonyl (C=O) groups is 2. The Morgan fingerprint density at radius 2 is 1.82 bits per heavy atom. The number of halogens is 2. The van der Waals surface area contributed by atoms with Crippen LogP contribution < -0.4 is 10.6 Å². The number of fused-ring (bicyclic) bond motifs is 1. The average molecular weight is 499 g/mol. The molecule has 3 aromatic rings. The van der Waals surface area contributed by atoms with Gasteiger partial charge in [-0.1, -0.05) is 59.6 Å². The van der Waals surface area contributed by atoms with Gasteiger partial charge in [0, 0.05) is 27.5 Å². The molecule has 0 spiro atoms. The normalized spacial score (nSPS) is 13.0. The van der Waals surface area contributed by atoms with Gasteiger partial charge in [-0.3, -0.25) is 9.59 Å². The summed E-state index contributed by atoms with van der Waals surface area (Å²) in [5, 5.41) is 7.57. The van der Waals surface area contributed by atoms with Crippen LogP contribution in [0.4, 0.5) is 5.00 Å². The van der Waals surface area contributed by atoms with E-state index in [0.29, 0.717) is 32.7 Å². The second-order valence-corrected chi connectivity index (χ2v) is 9.84. The fraction of sp³-hybridized carbons (Fsp3) is 0.231. The molecule has 4 rings (SSSR count). The summed E-state index contributed by atoms with van der Waals surface area (Å²) in [6.07, 6.45) is 7.77. The molecule has 0 atom stereocenters. The van der Waals surface area contributed by atoms with Gasteiger partial charge in [0.25, 0.3) is 5.91 Å². The number of hydrogen-bond donors (Lipinski definition) is 2. The van der Waals surface area contributed by atoms with Crippen LogP contribution >= 0.6 is 34.5 Å². The molecular weight excluding hydrogens is 475 g/mol. The van der Waals surface area contributed by atoms with Crippen LogP contribution in [0.25, 0.3) is 6.08 Å². The lowest BCUT2D eigenvalue weighted by molar-refractivity contribution is -0.111. The number of nitrogens with one attached hydrogen (secondary N) is 2. The lowest BCUT2D eigenvalue weighted by Gasteiger charge is -2.13. The van der Waals surface area contributed by atoms with Crippen LogP contribution in [0.3, 0.4) is 0 Å². The second-order valence-electron chi connectivity index (χ2n) is 7.89. The van der Waals surface area contributed by atoms with E-state index in [1.807, 2.05) is 30.3 Å². The summed E-state index contributed by atoms with van der Waals surface area (Å²) in [6, 6.07) is 15.2. The molecule has 0 bridgehead atoms. The molecule has 2 aromatic carbocycles. The first-order valence-corrected chi connectivity index (χ1v) is 12.5. The van der Waals surface area contributed by atoms with Crippen LogP contribution in [-0.4, -0.2) is 18.4 Å². The Morgan fingerprint density at radius 3 is 2.61 bits per heavy atom. The highest BCUT2D eigenvalue weighted by Gasteiger charge is 2.26. The molecule has 0 aliphatic heterocycles. The van der Waals surface area contributed by atoms with Crippen molar-refractivity contribution >= 4 is 57.4 Å². The van der Waals surface area contributed by atoms with Crippen LogP contribution in [-0.2, 0) is 24.1 Å². The molecule has 2 amide bonds. The van der Waals surface area contributed by atoms with Crippen molar-refractivity contribution in [2.45, 2.75) is 32.1 Å².